The molecule has 0 saturated carbocycles. The quantitative estimate of drug-likeness (QED) is 0.463. The number of fused-ring (bicyclic) bond motifs is 1. The number of anilines is 1. The second-order valence-corrected chi connectivity index (χ2v) is 6.73. The zero-order chi connectivity index (χ0) is 21.1. The number of hydrogen-bond donors (Lipinski definition) is 2. The molecule has 150 valence electrons. The van der Waals surface area contributed by atoms with Gasteiger partial charge < -0.3 is 14.5 Å². The molecule has 0 aliphatic heterocycles. The van der Waals surface area contributed by atoms with Crippen molar-refractivity contribution in [1.29, 1.82) is 0 Å². The fraction of sp³-hybridized carbons (Fsp3) is 0.0455. The van der Waals surface area contributed by atoms with E-state index in [1.165, 1.54) is 6.07 Å². The molecule has 0 bridgehead atoms. The summed E-state index contributed by atoms with van der Waals surface area (Å²) < 4.78 is 24.7. The molecule has 0 atom stereocenters. The minimum atomic E-state index is -0.412. The average Bonchev–Trinajstić information content (AvgIpc) is 3.17. The van der Waals surface area contributed by atoms with Crippen molar-refractivity contribution in [3.63, 3.8) is 0 Å². The Kier molecular flexibility index (Phi) is 5.40. The second-order valence-electron chi connectivity index (χ2n) is 6.32. The Morgan fingerprint density at radius 2 is 1.87 bits per heavy atom. The summed E-state index contributed by atoms with van der Waals surface area (Å²) in [7, 11) is 1.55. The third-order valence-electron chi connectivity index (χ3n) is 4.33. The summed E-state index contributed by atoms with van der Waals surface area (Å²) in [4.78, 5) is 16.7. The molecule has 4 rings (SSSR count). The highest BCUT2D eigenvalue weighted by Crippen LogP contribution is 2.27. The molecule has 0 aliphatic carbocycles. The minimum absolute atomic E-state index is 0.132. The number of carbonyl (C=O) groups is 1. The van der Waals surface area contributed by atoms with Gasteiger partial charge in [0.1, 0.15) is 17.1 Å². The highest BCUT2D eigenvalue weighted by Gasteiger charge is 2.13. The van der Waals surface area contributed by atoms with Gasteiger partial charge in [0.25, 0.3) is 5.91 Å². The van der Waals surface area contributed by atoms with Crippen LogP contribution >= 0.6 is 12.2 Å². The van der Waals surface area contributed by atoms with E-state index in [1.807, 2.05) is 0 Å². The Hall–Kier alpha value is -3.78. The lowest BCUT2D eigenvalue weighted by Crippen LogP contribution is -2.34. The highest BCUT2D eigenvalue weighted by atomic mass is 32.1. The largest absolute Gasteiger partial charge is 0.497 e. The van der Waals surface area contributed by atoms with Gasteiger partial charge >= 0.3 is 0 Å². The van der Waals surface area contributed by atoms with E-state index in [0.717, 1.165) is 0 Å². The fourth-order valence-corrected chi connectivity index (χ4v) is 3.05. The number of rotatable bonds is 4. The standard InChI is InChI=1S/C22H16FN3O3S/c1-28-15-9-6-13(7-10-15)20(27)26-22(30)24-14-8-11-19-18(12-14)25-21(29-19)16-4-2-3-5-17(16)23/h2-12H,1H3,(H2,24,26,27,30). The molecule has 30 heavy (non-hydrogen) atoms. The van der Waals surface area contributed by atoms with Gasteiger partial charge in [-0.3, -0.25) is 10.1 Å². The molecule has 0 fully saturated rings. The van der Waals surface area contributed by atoms with Crippen LogP contribution in [0.5, 0.6) is 5.75 Å². The van der Waals surface area contributed by atoms with Crippen LogP contribution in [-0.2, 0) is 0 Å². The third kappa shape index (κ3) is 4.13. The topological polar surface area (TPSA) is 76.4 Å². The Bertz CT molecular complexity index is 1240. The Balaban J connectivity index is 1.47. The first-order chi connectivity index (χ1) is 14.5. The van der Waals surface area contributed by atoms with E-state index in [1.54, 1.807) is 67.8 Å². The van der Waals surface area contributed by atoms with Crippen molar-refractivity contribution in [2.24, 2.45) is 0 Å². The summed E-state index contributed by atoms with van der Waals surface area (Å²) in [5.74, 6) is 0.0860. The molecular weight excluding hydrogens is 405 g/mol. The smallest absolute Gasteiger partial charge is 0.257 e. The molecule has 0 radical (unpaired) electrons. The van der Waals surface area contributed by atoms with E-state index in [0.29, 0.717) is 28.1 Å². The average molecular weight is 421 g/mol. The number of aromatic nitrogens is 1. The Morgan fingerprint density at radius 1 is 1.10 bits per heavy atom. The zero-order valence-corrected chi connectivity index (χ0v) is 16.6. The van der Waals surface area contributed by atoms with Gasteiger partial charge in [0.15, 0.2) is 10.7 Å². The first-order valence-corrected chi connectivity index (χ1v) is 9.36. The van der Waals surface area contributed by atoms with Crippen LogP contribution in [0.25, 0.3) is 22.6 Å². The van der Waals surface area contributed by atoms with Crippen molar-refractivity contribution in [1.82, 2.24) is 10.3 Å². The van der Waals surface area contributed by atoms with Crippen LogP contribution < -0.4 is 15.4 Å². The van der Waals surface area contributed by atoms with E-state index in [9.17, 15) is 9.18 Å². The molecule has 6 nitrogen and oxygen atoms in total. The summed E-state index contributed by atoms with van der Waals surface area (Å²) in [5, 5.41) is 5.69. The predicted octanol–water partition coefficient (Wildman–Crippen LogP) is 4.77. The molecular formula is C22H16FN3O3S. The molecule has 2 N–H and O–H groups in total. The number of thiocarbonyl (C=S) groups is 1. The molecule has 0 aliphatic rings. The lowest BCUT2D eigenvalue weighted by molar-refractivity contribution is 0.0977. The maximum Gasteiger partial charge on any atom is 0.257 e. The summed E-state index contributed by atoms with van der Waals surface area (Å²) in [6.45, 7) is 0. The molecule has 0 saturated heterocycles. The van der Waals surface area contributed by atoms with Crippen molar-refractivity contribution in [2.75, 3.05) is 12.4 Å². The van der Waals surface area contributed by atoms with Gasteiger partial charge in [-0.1, -0.05) is 12.1 Å². The molecule has 0 spiro atoms. The van der Waals surface area contributed by atoms with Gasteiger partial charge in [-0.2, -0.15) is 0 Å². The minimum Gasteiger partial charge on any atom is -0.497 e. The summed E-state index contributed by atoms with van der Waals surface area (Å²) in [6.07, 6.45) is 0. The van der Waals surface area contributed by atoms with Crippen molar-refractivity contribution < 1.29 is 18.3 Å². The maximum atomic E-state index is 14.0. The molecule has 1 heterocycles. The van der Waals surface area contributed by atoms with Gasteiger partial charge in [-0.25, -0.2) is 9.37 Å². The molecule has 0 unspecified atom stereocenters. The monoisotopic (exact) mass is 421 g/mol. The van der Waals surface area contributed by atoms with Crippen molar-refractivity contribution in [2.45, 2.75) is 0 Å². The van der Waals surface area contributed by atoms with Gasteiger partial charge in [0, 0.05) is 11.3 Å². The Morgan fingerprint density at radius 3 is 2.60 bits per heavy atom. The molecule has 1 amide bonds. The van der Waals surface area contributed by atoms with E-state index in [2.05, 4.69) is 15.6 Å². The number of nitrogens with one attached hydrogen (secondary N) is 2. The van der Waals surface area contributed by atoms with E-state index < -0.39 is 5.82 Å². The first-order valence-electron chi connectivity index (χ1n) is 8.95. The number of halogens is 1. The van der Waals surface area contributed by atoms with Crippen LogP contribution in [-0.4, -0.2) is 23.1 Å². The molecule has 8 heteroatoms. The fourth-order valence-electron chi connectivity index (χ4n) is 2.84. The van der Waals surface area contributed by atoms with Gasteiger partial charge in [0.05, 0.1) is 12.7 Å². The van der Waals surface area contributed by atoms with Crippen LogP contribution in [0.2, 0.25) is 0 Å². The van der Waals surface area contributed by atoms with Crippen molar-refractivity contribution in [3.05, 3.63) is 78.1 Å². The Labute approximate surface area is 176 Å². The number of nitrogens with zero attached hydrogens (tertiary/aromatic N) is 1. The number of hydrogen-bond acceptors (Lipinski definition) is 5. The molecule has 3 aromatic carbocycles. The lowest BCUT2D eigenvalue weighted by atomic mass is 10.2. The van der Waals surface area contributed by atoms with E-state index in [4.69, 9.17) is 21.4 Å². The third-order valence-corrected chi connectivity index (χ3v) is 4.53. The highest BCUT2D eigenvalue weighted by molar-refractivity contribution is 7.80. The van der Waals surface area contributed by atoms with Gasteiger partial charge in [-0.15, -0.1) is 0 Å². The number of oxazole rings is 1. The number of amides is 1. The second kappa shape index (κ2) is 8.30. The molecule has 1 aromatic heterocycles. The summed E-state index contributed by atoms with van der Waals surface area (Å²) >= 11 is 5.22. The summed E-state index contributed by atoms with van der Waals surface area (Å²) in [5.41, 5.74) is 2.37. The van der Waals surface area contributed by atoms with E-state index in [-0.39, 0.29) is 22.5 Å². The SMILES string of the molecule is COc1ccc(C(=O)NC(=S)Nc2ccc3oc(-c4ccccc4F)nc3c2)cc1. The number of benzene rings is 3. The van der Waals surface area contributed by atoms with Crippen LogP contribution in [0.1, 0.15) is 10.4 Å². The first kappa shape index (κ1) is 19.5. The molecule has 4 aromatic rings. The van der Waals surface area contributed by atoms with Gasteiger partial charge in [0.2, 0.25) is 5.89 Å². The number of methoxy groups -OCH3 is 1. The predicted molar refractivity (Wildman–Crippen MR) is 116 cm³/mol. The maximum absolute atomic E-state index is 14.0. The summed E-state index contributed by atoms with van der Waals surface area (Å²) in [6, 6.07) is 18.1. The number of carbonyl (C=O) groups excluding carboxylic acids is 1. The van der Waals surface area contributed by atoms with E-state index >= 15 is 0 Å². The van der Waals surface area contributed by atoms with Crippen LogP contribution in [0.4, 0.5) is 10.1 Å². The van der Waals surface area contributed by atoms with Crippen LogP contribution in [0.3, 0.4) is 0 Å². The van der Waals surface area contributed by atoms with Crippen LogP contribution in [0.15, 0.2) is 71.1 Å². The number of ether oxygens (including phenoxy) is 1. The van der Waals surface area contributed by atoms with Crippen molar-refractivity contribution >= 4 is 40.0 Å². The van der Waals surface area contributed by atoms with Crippen LogP contribution in [0, 0.1) is 5.82 Å². The lowest BCUT2D eigenvalue weighted by Gasteiger charge is -2.09. The van der Waals surface area contributed by atoms with Crippen molar-refractivity contribution in [3.8, 4) is 17.2 Å². The van der Waals surface area contributed by atoms with Gasteiger partial charge in [-0.05, 0) is 66.8 Å². The zero-order valence-electron chi connectivity index (χ0n) is 15.8. The normalized spacial score (nSPS) is 10.6.